The van der Waals surface area contributed by atoms with E-state index in [1.165, 1.54) is 12.1 Å². The minimum atomic E-state index is -4.81. The molecule has 0 aliphatic heterocycles. The number of nitrogens with one attached hydrogen (secondary N) is 1. The Labute approximate surface area is 218 Å². The Balaban J connectivity index is 1.45. The third-order valence-electron chi connectivity index (χ3n) is 5.92. The van der Waals surface area contributed by atoms with Crippen LogP contribution in [-0.4, -0.2) is 36.7 Å². The smallest absolute Gasteiger partial charge is 0.458 e. The molecule has 0 bridgehead atoms. The molecule has 1 aliphatic carbocycles. The largest absolute Gasteiger partial charge is 0.573 e. The third-order valence-corrected chi connectivity index (χ3v) is 5.92. The number of carbonyl (C=O) groups is 2. The molecule has 1 unspecified atom stereocenters. The summed E-state index contributed by atoms with van der Waals surface area (Å²) in [5.74, 6) is -1.24. The molecule has 9 heteroatoms. The van der Waals surface area contributed by atoms with Gasteiger partial charge < -0.3 is 19.5 Å². The second-order valence-corrected chi connectivity index (χ2v) is 9.95. The SMILES string of the molecule is CC(C)(C)OC(=O)C(Cc1ccc(OC(F)(F)F)cc1)NC(=O)OCC1c2ccccc2-c2ccccc21. The first kappa shape index (κ1) is 27.0. The zero-order chi connectivity index (χ0) is 27.5. The Morgan fingerprint density at radius 3 is 1.95 bits per heavy atom. The second-order valence-electron chi connectivity index (χ2n) is 9.95. The number of alkyl carbamates (subject to hydrolysis) is 1. The Morgan fingerprint density at radius 1 is 0.868 bits per heavy atom. The van der Waals surface area contributed by atoms with Gasteiger partial charge in [-0.05, 0) is 60.7 Å². The molecule has 1 aliphatic rings. The van der Waals surface area contributed by atoms with Crippen LogP contribution in [0, 0.1) is 0 Å². The lowest BCUT2D eigenvalue weighted by Gasteiger charge is -2.25. The average Bonchev–Trinajstić information content (AvgIpc) is 3.15. The van der Waals surface area contributed by atoms with Gasteiger partial charge in [0, 0.05) is 12.3 Å². The van der Waals surface area contributed by atoms with Gasteiger partial charge in [0.25, 0.3) is 0 Å². The van der Waals surface area contributed by atoms with E-state index in [1.54, 1.807) is 20.8 Å². The molecule has 3 aromatic carbocycles. The van der Waals surface area contributed by atoms with E-state index in [1.807, 2.05) is 48.5 Å². The Hall–Kier alpha value is -4.01. The summed E-state index contributed by atoms with van der Waals surface area (Å²) in [6, 6.07) is 19.8. The van der Waals surface area contributed by atoms with Crippen LogP contribution in [-0.2, 0) is 20.7 Å². The van der Waals surface area contributed by atoms with Gasteiger partial charge in [-0.2, -0.15) is 0 Å². The Morgan fingerprint density at radius 2 is 1.42 bits per heavy atom. The van der Waals surface area contributed by atoms with Crippen molar-refractivity contribution in [2.24, 2.45) is 0 Å². The molecule has 0 heterocycles. The zero-order valence-corrected chi connectivity index (χ0v) is 21.2. The summed E-state index contributed by atoms with van der Waals surface area (Å²) in [5, 5.41) is 2.57. The van der Waals surface area contributed by atoms with E-state index in [0.29, 0.717) is 5.56 Å². The average molecular weight is 528 g/mol. The first-order valence-electron chi connectivity index (χ1n) is 12.1. The monoisotopic (exact) mass is 527 g/mol. The molecule has 1 atom stereocenters. The lowest BCUT2D eigenvalue weighted by Crippen LogP contribution is -2.46. The lowest BCUT2D eigenvalue weighted by molar-refractivity contribution is -0.274. The second kappa shape index (κ2) is 10.8. The van der Waals surface area contributed by atoms with E-state index < -0.39 is 30.1 Å². The summed E-state index contributed by atoms with van der Waals surface area (Å²) in [5.41, 5.74) is 3.94. The number of benzene rings is 3. The van der Waals surface area contributed by atoms with Gasteiger partial charge in [0.2, 0.25) is 0 Å². The van der Waals surface area contributed by atoms with Gasteiger partial charge in [-0.3, -0.25) is 0 Å². The number of hydrogen-bond acceptors (Lipinski definition) is 5. The van der Waals surface area contributed by atoms with Crippen molar-refractivity contribution in [2.45, 2.75) is 51.1 Å². The first-order valence-corrected chi connectivity index (χ1v) is 12.1. The highest BCUT2D eigenvalue weighted by Crippen LogP contribution is 2.44. The van der Waals surface area contributed by atoms with Crippen LogP contribution in [0.5, 0.6) is 5.75 Å². The van der Waals surface area contributed by atoms with Gasteiger partial charge >= 0.3 is 18.4 Å². The highest BCUT2D eigenvalue weighted by atomic mass is 19.4. The van der Waals surface area contributed by atoms with Crippen molar-refractivity contribution >= 4 is 12.1 Å². The molecule has 1 amide bonds. The number of carbonyl (C=O) groups excluding carboxylic acids is 2. The molecular weight excluding hydrogens is 499 g/mol. The number of fused-ring (bicyclic) bond motifs is 3. The van der Waals surface area contributed by atoms with Crippen molar-refractivity contribution in [2.75, 3.05) is 6.61 Å². The van der Waals surface area contributed by atoms with E-state index in [-0.39, 0.29) is 24.7 Å². The Bertz CT molecular complexity index is 1250. The maximum Gasteiger partial charge on any atom is 0.573 e. The third kappa shape index (κ3) is 6.85. The van der Waals surface area contributed by atoms with Crippen molar-refractivity contribution < 1.29 is 37.0 Å². The van der Waals surface area contributed by atoms with Crippen molar-refractivity contribution in [1.29, 1.82) is 0 Å². The quantitative estimate of drug-likeness (QED) is 0.361. The van der Waals surface area contributed by atoms with Gasteiger partial charge in [0.15, 0.2) is 0 Å². The number of amides is 1. The molecule has 200 valence electrons. The van der Waals surface area contributed by atoms with Gasteiger partial charge in [-0.15, -0.1) is 13.2 Å². The fraction of sp³-hybridized carbons (Fsp3) is 0.310. The summed E-state index contributed by atoms with van der Waals surface area (Å²) in [6.07, 6.45) is -5.64. The van der Waals surface area contributed by atoms with Gasteiger partial charge in [-0.25, -0.2) is 9.59 Å². The first-order chi connectivity index (χ1) is 17.9. The predicted molar refractivity (Wildman–Crippen MR) is 135 cm³/mol. The van der Waals surface area contributed by atoms with Gasteiger partial charge in [-0.1, -0.05) is 60.7 Å². The minimum absolute atomic E-state index is 0.0224. The van der Waals surface area contributed by atoms with E-state index in [2.05, 4.69) is 10.1 Å². The van der Waals surface area contributed by atoms with Gasteiger partial charge in [0.1, 0.15) is 24.0 Å². The van der Waals surface area contributed by atoms with Crippen LogP contribution in [0.25, 0.3) is 11.1 Å². The zero-order valence-electron chi connectivity index (χ0n) is 21.2. The fourth-order valence-electron chi connectivity index (χ4n) is 4.41. The molecule has 3 aromatic rings. The summed E-state index contributed by atoms with van der Waals surface area (Å²) < 4.78 is 52.3. The molecule has 0 spiro atoms. The molecule has 0 aromatic heterocycles. The minimum Gasteiger partial charge on any atom is -0.458 e. The highest BCUT2D eigenvalue weighted by Gasteiger charge is 2.32. The summed E-state index contributed by atoms with van der Waals surface area (Å²) in [7, 11) is 0. The molecule has 0 radical (unpaired) electrons. The number of ether oxygens (including phenoxy) is 3. The summed E-state index contributed by atoms with van der Waals surface area (Å²) in [6.45, 7) is 5.14. The number of esters is 1. The maximum absolute atomic E-state index is 12.9. The molecule has 6 nitrogen and oxygen atoms in total. The molecule has 0 saturated heterocycles. The molecular formula is C29H28F3NO5. The van der Waals surface area contributed by atoms with Crippen LogP contribution in [0.15, 0.2) is 72.8 Å². The van der Waals surface area contributed by atoms with Gasteiger partial charge in [0.05, 0.1) is 0 Å². The van der Waals surface area contributed by atoms with Crippen molar-refractivity contribution in [3.05, 3.63) is 89.5 Å². The molecule has 4 rings (SSSR count). The number of alkyl halides is 3. The highest BCUT2D eigenvalue weighted by molar-refractivity contribution is 5.82. The molecule has 0 fully saturated rings. The van der Waals surface area contributed by atoms with Crippen molar-refractivity contribution in [3.8, 4) is 16.9 Å². The van der Waals surface area contributed by atoms with Crippen LogP contribution in [0.4, 0.5) is 18.0 Å². The van der Waals surface area contributed by atoms with Crippen molar-refractivity contribution in [1.82, 2.24) is 5.32 Å². The maximum atomic E-state index is 12.9. The summed E-state index contributed by atoms with van der Waals surface area (Å²) in [4.78, 5) is 25.7. The van der Waals surface area contributed by atoms with Crippen LogP contribution in [0.1, 0.15) is 43.4 Å². The van der Waals surface area contributed by atoms with Crippen LogP contribution in [0.3, 0.4) is 0 Å². The van der Waals surface area contributed by atoms with E-state index >= 15 is 0 Å². The summed E-state index contributed by atoms with van der Waals surface area (Å²) >= 11 is 0. The number of rotatable bonds is 7. The van der Waals surface area contributed by atoms with Crippen LogP contribution < -0.4 is 10.1 Å². The van der Waals surface area contributed by atoms with Crippen molar-refractivity contribution in [3.63, 3.8) is 0 Å². The number of hydrogen-bond donors (Lipinski definition) is 1. The van der Waals surface area contributed by atoms with E-state index in [0.717, 1.165) is 34.4 Å². The Kier molecular flexibility index (Phi) is 7.66. The number of halogens is 3. The van der Waals surface area contributed by atoms with E-state index in [9.17, 15) is 22.8 Å². The normalized spacial score (nSPS) is 13.7. The molecule has 0 saturated carbocycles. The topological polar surface area (TPSA) is 73.9 Å². The molecule has 1 N–H and O–H groups in total. The lowest BCUT2D eigenvalue weighted by atomic mass is 9.98. The van der Waals surface area contributed by atoms with E-state index in [4.69, 9.17) is 9.47 Å². The fourth-order valence-corrected chi connectivity index (χ4v) is 4.41. The predicted octanol–water partition coefficient (Wildman–Crippen LogP) is 6.38. The van der Waals surface area contributed by atoms with Crippen LogP contribution >= 0.6 is 0 Å². The standard InChI is InChI=1S/C29H28F3NO5/c1-28(2,3)38-26(34)25(16-18-12-14-19(15-13-18)37-29(30,31)32)33-27(35)36-17-24-22-10-6-4-8-20(22)21-9-5-7-11-23(21)24/h4-15,24-25H,16-17H2,1-3H3,(H,33,35). The molecule has 38 heavy (non-hydrogen) atoms. The van der Waals surface area contributed by atoms with Crippen LogP contribution in [0.2, 0.25) is 0 Å².